The maximum Gasteiger partial charge on any atom is 0.270 e. The molecule has 0 amide bonds. The lowest BCUT2D eigenvalue weighted by Gasteiger charge is -2.11. The fraction of sp³-hybridized carbons (Fsp3) is 0.0455. The molecule has 0 heterocycles. The summed E-state index contributed by atoms with van der Waals surface area (Å²) >= 11 is 3.43. The quantitative estimate of drug-likeness (QED) is 0.206. The number of halogens is 1. The smallest absolute Gasteiger partial charge is 0.270 e. The van der Waals surface area contributed by atoms with Crippen LogP contribution in [0.1, 0.15) is 16.7 Å². The summed E-state index contributed by atoms with van der Waals surface area (Å²) in [5.74, 6) is 0.616. The second kappa shape index (κ2) is 8.98. The molecule has 28 heavy (non-hydrogen) atoms. The summed E-state index contributed by atoms with van der Waals surface area (Å²) in [6.07, 6.45) is 1.67. The third-order valence-corrected chi connectivity index (χ3v) is 4.49. The minimum atomic E-state index is -0.480. The van der Waals surface area contributed by atoms with Crippen molar-refractivity contribution in [3.8, 4) is 11.8 Å². The van der Waals surface area contributed by atoms with Crippen LogP contribution >= 0.6 is 15.9 Å². The number of rotatable bonds is 6. The standard InChI is InChI=1S/C22H15BrN2O3/c23-20-9-10-22(28-15-16-5-2-1-3-6-16)18(12-20)11-19(14-24)17-7-4-8-21(13-17)25(26)27/h1-13H,15H2. The predicted octanol–water partition coefficient (Wildman–Crippen LogP) is 6.00. The van der Waals surface area contributed by atoms with Crippen LogP contribution in [-0.2, 0) is 6.61 Å². The van der Waals surface area contributed by atoms with Crippen molar-refractivity contribution in [1.29, 1.82) is 5.26 Å². The Morgan fingerprint density at radius 1 is 1.11 bits per heavy atom. The second-order valence-electron chi connectivity index (χ2n) is 5.93. The molecule has 5 nitrogen and oxygen atoms in total. The molecule has 0 saturated carbocycles. The van der Waals surface area contributed by atoms with Gasteiger partial charge in [-0.1, -0.05) is 58.4 Å². The molecule has 0 unspecified atom stereocenters. The number of nitro benzene ring substituents is 1. The van der Waals surface area contributed by atoms with Crippen LogP contribution in [0, 0.1) is 21.4 Å². The molecule has 0 radical (unpaired) electrons. The van der Waals surface area contributed by atoms with Gasteiger partial charge in [-0.15, -0.1) is 0 Å². The van der Waals surface area contributed by atoms with Gasteiger partial charge in [0.15, 0.2) is 0 Å². The third-order valence-electron chi connectivity index (χ3n) is 4.00. The summed E-state index contributed by atoms with van der Waals surface area (Å²) in [5, 5.41) is 20.6. The Hall–Kier alpha value is -3.43. The number of hydrogen-bond donors (Lipinski definition) is 0. The number of ether oxygens (including phenoxy) is 1. The van der Waals surface area contributed by atoms with Crippen LogP contribution < -0.4 is 4.74 Å². The van der Waals surface area contributed by atoms with E-state index in [0.29, 0.717) is 29.1 Å². The molecule has 0 atom stereocenters. The van der Waals surface area contributed by atoms with Gasteiger partial charge in [0.1, 0.15) is 12.4 Å². The van der Waals surface area contributed by atoms with E-state index in [1.807, 2.05) is 48.5 Å². The molecule has 138 valence electrons. The normalized spacial score (nSPS) is 10.9. The van der Waals surface area contributed by atoms with Crippen LogP contribution in [0.3, 0.4) is 0 Å². The van der Waals surface area contributed by atoms with E-state index in [4.69, 9.17) is 4.74 Å². The molecule has 3 rings (SSSR count). The zero-order valence-corrected chi connectivity index (χ0v) is 16.3. The Balaban J connectivity index is 1.95. The number of nitro groups is 1. The van der Waals surface area contributed by atoms with E-state index in [-0.39, 0.29) is 5.69 Å². The molecular weight excluding hydrogens is 420 g/mol. The van der Waals surface area contributed by atoms with Gasteiger partial charge in [-0.2, -0.15) is 5.26 Å². The van der Waals surface area contributed by atoms with E-state index in [2.05, 4.69) is 22.0 Å². The average Bonchev–Trinajstić information content (AvgIpc) is 2.72. The number of benzene rings is 3. The summed E-state index contributed by atoms with van der Waals surface area (Å²) < 4.78 is 6.77. The zero-order chi connectivity index (χ0) is 19.9. The van der Waals surface area contributed by atoms with Crippen LogP contribution in [0.5, 0.6) is 5.75 Å². The third kappa shape index (κ3) is 4.84. The molecule has 0 aliphatic carbocycles. The minimum Gasteiger partial charge on any atom is -0.488 e. The van der Waals surface area contributed by atoms with Crippen molar-refractivity contribution in [2.45, 2.75) is 6.61 Å². The van der Waals surface area contributed by atoms with E-state index >= 15 is 0 Å². The summed E-state index contributed by atoms with van der Waals surface area (Å²) in [5.41, 5.74) is 2.46. The fourth-order valence-electron chi connectivity index (χ4n) is 2.62. The van der Waals surface area contributed by atoms with Crippen molar-refractivity contribution >= 4 is 33.3 Å². The van der Waals surface area contributed by atoms with E-state index in [1.165, 1.54) is 12.1 Å². The SMILES string of the molecule is N#CC(=Cc1cc(Br)ccc1OCc1ccccc1)c1cccc([N+](=O)[O-])c1. The molecular formula is C22H15BrN2O3. The first-order valence-electron chi connectivity index (χ1n) is 8.40. The van der Waals surface area contributed by atoms with Crippen molar-refractivity contribution in [2.75, 3.05) is 0 Å². The molecule has 0 fully saturated rings. The summed E-state index contributed by atoms with van der Waals surface area (Å²) in [7, 11) is 0. The number of nitrogens with zero attached hydrogens (tertiary/aromatic N) is 2. The van der Waals surface area contributed by atoms with Gasteiger partial charge in [0.05, 0.1) is 16.6 Å². The largest absolute Gasteiger partial charge is 0.488 e. The molecule has 6 heteroatoms. The van der Waals surface area contributed by atoms with E-state index < -0.39 is 4.92 Å². The lowest BCUT2D eigenvalue weighted by atomic mass is 10.0. The highest BCUT2D eigenvalue weighted by Gasteiger charge is 2.11. The highest BCUT2D eigenvalue weighted by atomic mass is 79.9. The van der Waals surface area contributed by atoms with Gasteiger partial charge in [0, 0.05) is 22.2 Å². The lowest BCUT2D eigenvalue weighted by Crippen LogP contribution is -1.97. The van der Waals surface area contributed by atoms with Crippen molar-refractivity contribution in [2.24, 2.45) is 0 Å². The van der Waals surface area contributed by atoms with E-state index in [1.54, 1.807) is 18.2 Å². The number of allylic oxidation sites excluding steroid dienone is 1. The van der Waals surface area contributed by atoms with Crippen LogP contribution in [0.2, 0.25) is 0 Å². The summed E-state index contributed by atoms with van der Waals surface area (Å²) in [4.78, 5) is 10.5. The Bertz CT molecular complexity index is 1070. The second-order valence-corrected chi connectivity index (χ2v) is 6.85. The molecule has 0 spiro atoms. The summed E-state index contributed by atoms with van der Waals surface area (Å²) in [6.45, 7) is 0.391. The topological polar surface area (TPSA) is 76.2 Å². The molecule has 0 aromatic heterocycles. The van der Waals surface area contributed by atoms with E-state index in [9.17, 15) is 15.4 Å². The van der Waals surface area contributed by atoms with Crippen molar-refractivity contribution < 1.29 is 9.66 Å². The first-order chi connectivity index (χ1) is 13.6. The van der Waals surface area contributed by atoms with Gasteiger partial charge < -0.3 is 4.74 Å². The predicted molar refractivity (Wildman–Crippen MR) is 111 cm³/mol. The lowest BCUT2D eigenvalue weighted by molar-refractivity contribution is -0.384. The molecule has 0 aliphatic heterocycles. The van der Waals surface area contributed by atoms with Crippen LogP contribution in [0.25, 0.3) is 11.6 Å². The van der Waals surface area contributed by atoms with Gasteiger partial charge in [-0.25, -0.2) is 0 Å². The highest BCUT2D eigenvalue weighted by molar-refractivity contribution is 9.10. The van der Waals surface area contributed by atoms with E-state index in [0.717, 1.165) is 10.0 Å². The molecule has 0 aliphatic rings. The number of hydrogen-bond acceptors (Lipinski definition) is 4. The highest BCUT2D eigenvalue weighted by Crippen LogP contribution is 2.29. The van der Waals surface area contributed by atoms with Gasteiger partial charge in [0.2, 0.25) is 0 Å². The maximum absolute atomic E-state index is 11.0. The molecule has 0 saturated heterocycles. The maximum atomic E-state index is 11.0. The average molecular weight is 435 g/mol. The van der Waals surface area contributed by atoms with Crippen molar-refractivity contribution in [1.82, 2.24) is 0 Å². The Kier molecular flexibility index (Phi) is 6.20. The first kappa shape index (κ1) is 19.3. The Labute approximate surface area is 170 Å². The first-order valence-corrected chi connectivity index (χ1v) is 9.19. The van der Waals surface area contributed by atoms with Crippen LogP contribution in [0.15, 0.2) is 77.3 Å². The monoisotopic (exact) mass is 434 g/mol. The van der Waals surface area contributed by atoms with Crippen molar-refractivity contribution in [3.63, 3.8) is 0 Å². The fourth-order valence-corrected chi connectivity index (χ4v) is 3.00. The molecule has 0 bridgehead atoms. The number of nitriles is 1. The Morgan fingerprint density at radius 2 is 1.89 bits per heavy atom. The minimum absolute atomic E-state index is 0.0616. The Morgan fingerprint density at radius 3 is 2.61 bits per heavy atom. The van der Waals surface area contributed by atoms with Gasteiger partial charge in [-0.05, 0) is 35.4 Å². The molecule has 3 aromatic rings. The summed E-state index contributed by atoms with van der Waals surface area (Å²) in [6, 6.07) is 23.4. The van der Waals surface area contributed by atoms with Crippen LogP contribution in [-0.4, -0.2) is 4.92 Å². The van der Waals surface area contributed by atoms with Gasteiger partial charge in [-0.3, -0.25) is 10.1 Å². The number of non-ortho nitro benzene ring substituents is 1. The van der Waals surface area contributed by atoms with Gasteiger partial charge in [0.25, 0.3) is 5.69 Å². The van der Waals surface area contributed by atoms with Gasteiger partial charge >= 0.3 is 0 Å². The van der Waals surface area contributed by atoms with Crippen molar-refractivity contribution in [3.05, 3.63) is 104 Å². The molecule has 3 aromatic carbocycles. The molecule has 0 N–H and O–H groups in total. The zero-order valence-electron chi connectivity index (χ0n) is 14.7. The van der Waals surface area contributed by atoms with Crippen LogP contribution in [0.4, 0.5) is 5.69 Å².